The average molecular weight is 383 g/mol. The molecule has 146 valence electrons. The van der Waals surface area contributed by atoms with Crippen LogP contribution in [0.5, 0.6) is 5.88 Å². The normalized spacial score (nSPS) is 16.3. The molecular formula is C21H22FN3O3. The summed E-state index contributed by atoms with van der Waals surface area (Å²) in [5.41, 5.74) is 1.53. The molecule has 1 N–H and O–H groups in total. The van der Waals surface area contributed by atoms with Crippen LogP contribution in [0, 0.1) is 12.4 Å². The number of carboxylic acids is 1. The van der Waals surface area contributed by atoms with Crippen LogP contribution in [-0.2, 0) is 11.4 Å². The van der Waals surface area contributed by atoms with Crippen molar-refractivity contribution in [1.82, 2.24) is 9.88 Å². The lowest BCUT2D eigenvalue weighted by Gasteiger charge is -2.34. The Hall–Kier alpha value is -2.98. The number of carbonyl (C=O) groups is 1. The van der Waals surface area contributed by atoms with E-state index in [4.69, 9.17) is 16.4 Å². The molecule has 1 atom stereocenters. The second kappa shape index (κ2) is 8.81. The molecule has 0 bridgehead atoms. The number of likely N-dealkylation sites (tertiary alicyclic amines) is 1. The molecule has 1 aromatic heterocycles. The monoisotopic (exact) mass is 383 g/mol. The Bertz CT molecular complexity index is 889. The molecule has 7 heteroatoms. The van der Waals surface area contributed by atoms with Crippen LogP contribution in [0.4, 0.5) is 10.1 Å². The Morgan fingerprint density at radius 2 is 2.14 bits per heavy atom. The largest absolute Gasteiger partial charge is 0.480 e. The molecule has 28 heavy (non-hydrogen) atoms. The topological polar surface area (TPSA) is 67.0 Å². The van der Waals surface area contributed by atoms with Crippen molar-refractivity contribution >= 4 is 11.7 Å². The van der Waals surface area contributed by atoms with Gasteiger partial charge >= 0.3 is 5.97 Å². The molecule has 2 aromatic rings. The summed E-state index contributed by atoms with van der Waals surface area (Å²) in [6.45, 7) is 10.1. The fraction of sp³-hybridized carbons (Fsp3) is 0.381. The SMILES string of the molecule is [C-]#[N+]c1ccc(COc2cccc(C3CCN(C(C)C(=O)O)CC3)n2)c(F)c1. The minimum Gasteiger partial charge on any atom is -0.480 e. The van der Waals surface area contributed by atoms with Gasteiger partial charge in [-0.1, -0.05) is 18.2 Å². The lowest BCUT2D eigenvalue weighted by molar-refractivity contribution is -0.143. The molecule has 3 rings (SSSR count). The van der Waals surface area contributed by atoms with Crippen molar-refractivity contribution in [3.8, 4) is 5.88 Å². The quantitative estimate of drug-likeness (QED) is 0.764. The third-order valence-corrected chi connectivity index (χ3v) is 5.14. The first kappa shape index (κ1) is 19.8. The second-order valence-corrected chi connectivity index (χ2v) is 6.90. The number of piperidine rings is 1. The number of pyridine rings is 1. The number of hydrogen-bond donors (Lipinski definition) is 1. The molecule has 1 saturated heterocycles. The lowest BCUT2D eigenvalue weighted by atomic mass is 9.92. The summed E-state index contributed by atoms with van der Waals surface area (Å²) in [5.74, 6) is -0.601. The Morgan fingerprint density at radius 3 is 2.79 bits per heavy atom. The molecular weight excluding hydrogens is 361 g/mol. The highest BCUT2D eigenvalue weighted by Gasteiger charge is 2.27. The van der Waals surface area contributed by atoms with Crippen LogP contribution in [0.25, 0.3) is 4.85 Å². The second-order valence-electron chi connectivity index (χ2n) is 6.90. The number of hydrogen-bond acceptors (Lipinski definition) is 4. The van der Waals surface area contributed by atoms with Crippen molar-refractivity contribution in [2.75, 3.05) is 13.1 Å². The minimum absolute atomic E-state index is 0.0368. The zero-order chi connectivity index (χ0) is 20.1. The standard InChI is InChI=1S/C21H22FN3O3/c1-14(21(26)27)25-10-8-15(9-11-25)19-4-3-5-20(24-19)28-13-16-6-7-17(23-2)12-18(16)22/h3-7,12,14-15H,8-11,13H2,1H3,(H,26,27). The van der Waals surface area contributed by atoms with E-state index in [1.807, 2.05) is 17.0 Å². The number of nitrogens with zero attached hydrogens (tertiary/aromatic N) is 3. The van der Waals surface area contributed by atoms with Gasteiger partial charge in [-0.25, -0.2) is 14.2 Å². The van der Waals surface area contributed by atoms with Crippen LogP contribution in [0.2, 0.25) is 0 Å². The smallest absolute Gasteiger partial charge is 0.320 e. The molecule has 1 aliphatic heterocycles. The first-order valence-corrected chi connectivity index (χ1v) is 9.20. The van der Waals surface area contributed by atoms with Gasteiger partial charge in [-0.3, -0.25) is 9.69 Å². The van der Waals surface area contributed by atoms with Crippen molar-refractivity contribution in [2.45, 2.75) is 38.3 Å². The third-order valence-electron chi connectivity index (χ3n) is 5.14. The van der Waals surface area contributed by atoms with Crippen molar-refractivity contribution < 1.29 is 19.0 Å². The summed E-state index contributed by atoms with van der Waals surface area (Å²) < 4.78 is 19.6. The van der Waals surface area contributed by atoms with E-state index in [-0.39, 0.29) is 18.2 Å². The number of rotatable bonds is 6. The summed E-state index contributed by atoms with van der Waals surface area (Å²) in [7, 11) is 0. The molecule has 0 saturated carbocycles. The summed E-state index contributed by atoms with van der Waals surface area (Å²) in [5, 5.41) is 9.14. The number of carboxylic acid groups (broad SMARTS) is 1. The van der Waals surface area contributed by atoms with E-state index in [2.05, 4.69) is 9.83 Å². The highest BCUT2D eigenvalue weighted by atomic mass is 19.1. The first-order chi connectivity index (χ1) is 13.5. The molecule has 1 fully saturated rings. The maximum absolute atomic E-state index is 14.0. The number of halogens is 1. The van der Waals surface area contributed by atoms with Crippen molar-refractivity contribution in [2.24, 2.45) is 0 Å². The van der Waals surface area contributed by atoms with E-state index in [0.29, 0.717) is 24.5 Å². The van der Waals surface area contributed by atoms with Crippen molar-refractivity contribution in [3.05, 3.63) is 64.9 Å². The molecule has 6 nitrogen and oxygen atoms in total. The summed E-state index contributed by atoms with van der Waals surface area (Å²) in [6, 6.07) is 9.36. The average Bonchev–Trinajstić information content (AvgIpc) is 2.72. The number of ether oxygens (including phenoxy) is 1. The van der Waals surface area contributed by atoms with Crippen LogP contribution in [0.3, 0.4) is 0 Å². The fourth-order valence-corrected chi connectivity index (χ4v) is 3.35. The van der Waals surface area contributed by atoms with E-state index in [9.17, 15) is 9.18 Å². The van der Waals surface area contributed by atoms with Gasteiger partial charge in [0.25, 0.3) is 0 Å². The van der Waals surface area contributed by atoms with Crippen molar-refractivity contribution in [1.29, 1.82) is 0 Å². The molecule has 0 radical (unpaired) electrons. The molecule has 0 spiro atoms. The third kappa shape index (κ3) is 4.65. The highest BCUT2D eigenvalue weighted by Crippen LogP contribution is 2.29. The number of benzene rings is 1. The van der Waals surface area contributed by atoms with E-state index in [1.165, 1.54) is 6.07 Å². The van der Waals surface area contributed by atoms with Gasteiger partial charge in [-0.2, -0.15) is 0 Å². The zero-order valence-electron chi connectivity index (χ0n) is 15.6. The molecule has 0 amide bonds. The van der Waals surface area contributed by atoms with E-state index >= 15 is 0 Å². The lowest BCUT2D eigenvalue weighted by Crippen LogP contribution is -2.43. The maximum atomic E-state index is 14.0. The molecule has 2 heterocycles. The molecule has 1 aromatic carbocycles. The zero-order valence-corrected chi connectivity index (χ0v) is 15.6. The highest BCUT2D eigenvalue weighted by molar-refractivity contribution is 5.72. The Balaban J connectivity index is 1.60. The van der Waals surface area contributed by atoms with Gasteiger partial charge in [-0.05, 0) is 45.0 Å². The van der Waals surface area contributed by atoms with E-state index < -0.39 is 17.8 Å². The fourth-order valence-electron chi connectivity index (χ4n) is 3.35. The predicted octanol–water partition coefficient (Wildman–Crippen LogP) is 4.00. The Kier molecular flexibility index (Phi) is 6.22. The first-order valence-electron chi connectivity index (χ1n) is 9.20. The van der Waals surface area contributed by atoms with Crippen LogP contribution < -0.4 is 4.74 Å². The molecule has 1 unspecified atom stereocenters. The predicted molar refractivity (Wildman–Crippen MR) is 102 cm³/mol. The van der Waals surface area contributed by atoms with Gasteiger partial charge < -0.3 is 9.84 Å². The summed E-state index contributed by atoms with van der Waals surface area (Å²) in [4.78, 5) is 20.9. The maximum Gasteiger partial charge on any atom is 0.320 e. The van der Waals surface area contributed by atoms with Crippen LogP contribution in [0.1, 0.15) is 36.9 Å². The molecule has 1 aliphatic rings. The number of aromatic nitrogens is 1. The van der Waals surface area contributed by atoms with Crippen LogP contribution in [0.15, 0.2) is 36.4 Å². The minimum atomic E-state index is -0.802. The van der Waals surface area contributed by atoms with Crippen LogP contribution in [-0.4, -0.2) is 40.1 Å². The Labute approximate surface area is 163 Å². The van der Waals surface area contributed by atoms with Gasteiger partial charge in [0.05, 0.1) is 6.57 Å². The van der Waals surface area contributed by atoms with Gasteiger partial charge in [0.15, 0.2) is 5.69 Å². The molecule has 0 aliphatic carbocycles. The van der Waals surface area contributed by atoms with Gasteiger partial charge in [-0.15, -0.1) is 0 Å². The number of aliphatic carboxylic acids is 1. The van der Waals surface area contributed by atoms with Gasteiger partial charge in [0, 0.05) is 23.2 Å². The summed E-state index contributed by atoms with van der Waals surface area (Å²) in [6.07, 6.45) is 1.67. The van der Waals surface area contributed by atoms with Gasteiger partial charge in [0.2, 0.25) is 5.88 Å². The van der Waals surface area contributed by atoms with E-state index in [1.54, 1.807) is 25.1 Å². The Morgan fingerprint density at radius 1 is 1.39 bits per heavy atom. The van der Waals surface area contributed by atoms with Gasteiger partial charge in [0.1, 0.15) is 18.5 Å². The van der Waals surface area contributed by atoms with E-state index in [0.717, 1.165) is 18.5 Å². The van der Waals surface area contributed by atoms with Crippen molar-refractivity contribution in [3.63, 3.8) is 0 Å². The van der Waals surface area contributed by atoms with Crippen LogP contribution >= 0.6 is 0 Å². The summed E-state index contributed by atoms with van der Waals surface area (Å²) >= 11 is 0.